The molecule has 0 bridgehead atoms. The van der Waals surface area contributed by atoms with Crippen LogP contribution in [0.15, 0.2) is 0 Å². The van der Waals surface area contributed by atoms with Crippen molar-refractivity contribution in [2.45, 2.75) is 25.4 Å². The Morgan fingerprint density at radius 3 is 2.60 bits per heavy atom. The number of nitrogens with zero attached hydrogens (tertiary/aromatic N) is 1. The van der Waals surface area contributed by atoms with Crippen molar-refractivity contribution >= 4 is 5.91 Å². The summed E-state index contributed by atoms with van der Waals surface area (Å²) < 4.78 is 10.8. The molecule has 2 heterocycles. The maximum atomic E-state index is 12.3. The number of likely N-dealkylation sites (N-methyl/N-ethyl adjacent to an activating group) is 1. The van der Waals surface area contributed by atoms with E-state index in [-0.39, 0.29) is 23.4 Å². The Kier molecular flexibility index (Phi) is 5.37. The Balaban J connectivity index is 1.82. The van der Waals surface area contributed by atoms with Crippen molar-refractivity contribution in [2.75, 3.05) is 53.1 Å². The van der Waals surface area contributed by atoms with Crippen LogP contribution in [0.3, 0.4) is 0 Å². The summed E-state index contributed by atoms with van der Waals surface area (Å²) in [6.45, 7) is 9.50. The number of hydrogen-bond acceptors (Lipinski definition) is 5. The fraction of sp³-hybridized carbons (Fsp3) is 0.929. The number of morpholine rings is 1. The van der Waals surface area contributed by atoms with Gasteiger partial charge in [0.1, 0.15) is 0 Å². The first-order chi connectivity index (χ1) is 9.54. The lowest BCUT2D eigenvalue weighted by Crippen LogP contribution is -2.56. The van der Waals surface area contributed by atoms with E-state index in [4.69, 9.17) is 9.47 Å². The molecule has 2 atom stereocenters. The van der Waals surface area contributed by atoms with Gasteiger partial charge in [0.25, 0.3) is 0 Å². The second-order valence-electron chi connectivity index (χ2n) is 6.17. The fourth-order valence-electron chi connectivity index (χ4n) is 2.81. The maximum Gasteiger partial charge on any atom is 0.227 e. The largest absolute Gasteiger partial charge is 0.379 e. The van der Waals surface area contributed by atoms with Crippen molar-refractivity contribution in [3.8, 4) is 0 Å². The van der Waals surface area contributed by atoms with Crippen molar-refractivity contribution in [2.24, 2.45) is 5.92 Å². The van der Waals surface area contributed by atoms with Crippen LogP contribution < -0.4 is 10.6 Å². The summed E-state index contributed by atoms with van der Waals surface area (Å²) in [6, 6.07) is 0.126. The molecule has 0 aromatic carbocycles. The van der Waals surface area contributed by atoms with Crippen molar-refractivity contribution < 1.29 is 14.3 Å². The number of carbonyl (C=O) groups is 1. The van der Waals surface area contributed by atoms with Crippen molar-refractivity contribution in [1.82, 2.24) is 15.5 Å². The van der Waals surface area contributed by atoms with Gasteiger partial charge in [-0.25, -0.2) is 0 Å². The molecule has 6 heteroatoms. The van der Waals surface area contributed by atoms with Crippen LogP contribution in [0, 0.1) is 5.92 Å². The Bertz CT molecular complexity index is 330. The average Bonchev–Trinajstić information content (AvgIpc) is 2.94. The number of ether oxygens (including phenoxy) is 2. The third-order valence-corrected chi connectivity index (χ3v) is 4.35. The standard InChI is InChI=1S/C14H27N3O3/c1-14(2,17-4-6-19-7-5-17)10-16-13(18)11-8-20-9-12(11)15-3/h11-12,15H,4-10H2,1-3H3,(H,16,18). The van der Waals surface area contributed by atoms with Gasteiger partial charge in [-0.2, -0.15) is 0 Å². The summed E-state index contributed by atoms with van der Waals surface area (Å²) in [6.07, 6.45) is 0. The highest BCUT2D eigenvalue weighted by Crippen LogP contribution is 2.17. The molecule has 2 aliphatic heterocycles. The van der Waals surface area contributed by atoms with Gasteiger partial charge in [-0.15, -0.1) is 0 Å². The molecule has 0 aromatic rings. The molecule has 0 aliphatic carbocycles. The molecule has 2 N–H and O–H groups in total. The molecular formula is C14H27N3O3. The number of hydrogen-bond donors (Lipinski definition) is 2. The molecule has 0 radical (unpaired) electrons. The summed E-state index contributed by atoms with van der Waals surface area (Å²) in [5, 5.41) is 6.23. The normalized spacial score (nSPS) is 28.6. The Morgan fingerprint density at radius 2 is 1.95 bits per heavy atom. The maximum absolute atomic E-state index is 12.3. The number of carbonyl (C=O) groups excluding carboxylic acids is 1. The van der Waals surface area contributed by atoms with Crippen LogP contribution >= 0.6 is 0 Å². The molecule has 2 fully saturated rings. The van der Waals surface area contributed by atoms with Crippen LogP contribution in [0.4, 0.5) is 0 Å². The van der Waals surface area contributed by atoms with Gasteiger partial charge in [-0.3, -0.25) is 9.69 Å². The van der Waals surface area contributed by atoms with Crippen molar-refractivity contribution in [3.63, 3.8) is 0 Å². The third kappa shape index (κ3) is 3.69. The Morgan fingerprint density at radius 1 is 1.25 bits per heavy atom. The second-order valence-corrected chi connectivity index (χ2v) is 6.17. The zero-order valence-corrected chi connectivity index (χ0v) is 12.8. The summed E-state index contributed by atoms with van der Waals surface area (Å²) in [5.74, 6) is 0.00340. The number of nitrogens with one attached hydrogen (secondary N) is 2. The molecule has 2 saturated heterocycles. The van der Waals surface area contributed by atoms with E-state index in [0.717, 1.165) is 26.3 Å². The zero-order chi connectivity index (χ0) is 14.6. The zero-order valence-electron chi connectivity index (χ0n) is 12.8. The summed E-state index contributed by atoms with van der Waals surface area (Å²) in [7, 11) is 1.87. The molecule has 0 aromatic heterocycles. The van der Waals surface area contributed by atoms with Crippen LogP contribution in [-0.2, 0) is 14.3 Å². The molecule has 1 amide bonds. The lowest BCUT2D eigenvalue weighted by Gasteiger charge is -2.41. The van der Waals surface area contributed by atoms with Crippen molar-refractivity contribution in [3.05, 3.63) is 0 Å². The highest BCUT2D eigenvalue weighted by molar-refractivity contribution is 5.80. The van der Waals surface area contributed by atoms with Crippen LogP contribution in [0.2, 0.25) is 0 Å². The van der Waals surface area contributed by atoms with E-state index in [1.54, 1.807) is 0 Å². The van der Waals surface area contributed by atoms with Crippen LogP contribution in [0.1, 0.15) is 13.8 Å². The minimum absolute atomic E-state index is 0.0476. The molecule has 116 valence electrons. The van der Waals surface area contributed by atoms with Gasteiger partial charge in [0, 0.05) is 31.2 Å². The predicted molar refractivity (Wildman–Crippen MR) is 76.6 cm³/mol. The smallest absolute Gasteiger partial charge is 0.227 e. The highest BCUT2D eigenvalue weighted by atomic mass is 16.5. The van der Waals surface area contributed by atoms with E-state index in [0.29, 0.717) is 19.8 Å². The molecule has 2 aliphatic rings. The third-order valence-electron chi connectivity index (χ3n) is 4.35. The van der Waals surface area contributed by atoms with Gasteiger partial charge in [-0.1, -0.05) is 0 Å². The van der Waals surface area contributed by atoms with E-state index in [1.807, 2.05) is 7.05 Å². The SMILES string of the molecule is CNC1COCC1C(=O)NCC(C)(C)N1CCOCC1. The topological polar surface area (TPSA) is 62.8 Å². The van der Waals surface area contributed by atoms with Gasteiger partial charge < -0.3 is 20.1 Å². The second kappa shape index (κ2) is 6.85. The van der Waals surface area contributed by atoms with E-state index < -0.39 is 0 Å². The average molecular weight is 285 g/mol. The summed E-state index contributed by atoms with van der Waals surface area (Å²) in [4.78, 5) is 14.6. The number of amides is 1. The lowest BCUT2D eigenvalue weighted by atomic mass is 9.99. The minimum atomic E-state index is -0.0829. The van der Waals surface area contributed by atoms with Gasteiger partial charge in [0.2, 0.25) is 5.91 Å². The van der Waals surface area contributed by atoms with Crippen LogP contribution in [0.5, 0.6) is 0 Å². The highest BCUT2D eigenvalue weighted by Gasteiger charge is 2.34. The lowest BCUT2D eigenvalue weighted by molar-refractivity contribution is -0.126. The minimum Gasteiger partial charge on any atom is -0.379 e. The van der Waals surface area contributed by atoms with Crippen LogP contribution in [-0.4, -0.2) is 75.5 Å². The van der Waals surface area contributed by atoms with Crippen molar-refractivity contribution in [1.29, 1.82) is 0 Å². The molecule has 6 nitrogen and oxygen atoms in total. The molecule has 20 heavy (non-hydrogen) atoms. The van der Waals surface area contributed by atoms with Gasteiger partial charge in [0.15, 0.2) is 0 Å². The Labute approximate surface area is 121 Å². The quantitative estimate of drug-likeness (QED) is 0.709. The summed E-state index contributed by atoms with van der Waals surface area (Å²) >= 11 is 0. The van der Waals surface area contributed by atoms with Gasteiger partial charge in [0.05, 0.1) is 32.3 Å². The molecular weight excluding hydrogens is 258 g/mol. The first kappa shape index (κ1) is 15.7. The summed E-state index contributed by atoms with van der Waals surface area (Å²) in [5.41, 5.74) is -0.0476. The molecule has 0 saturated carbocycles. The predicted octanol–water partition coefficient (Wildman–Crippen LogP) is -0.552. The van der Waals surface area contributed by atoms with E-state index >= 15 is 0 Å². The Hall–Kier alpha value is -0.690. The fourth-order valence-corrected chi connectivity index (χ4v) is 2.81. The van der Waals surface area contributed by atoms with Gasteiger partial charge in [-0.05, 0) is 20.9 Å². The first-order valence-electron chi connectivity index (χ1n) is 7.40. The molecule has 0 spiro atoms. The van der Waals surface area contributed by atoms with E-state index in [2.05, 4.69) is 29.4 Å². The molecule has 2 unspecified atom stereocenters. The van der Waals surface area contributed by atoms with Crippen LogP contribution in [0.25, 0.3) is 0 Å². The van der Waals surface area contributed by atoms with Gasteiger partial charge >= 0.3 is 0 Å². The molecule has 2 rings (SSSR count). The van der Waals surface area contributed by atoms with E-state index in [9.17, 15) is 4.79 Å². The monoisotopic (exact) mass is 285 g/mol. The first-order valence-corrected chi connectivity index (χ1v) is 7.40. The van der Waals surface area contributed by atoms with E-state index in [1.165, 1.54) is 0 Å². The number of rotatable bonds is 5.